The fourth-order valence-electron chi connectivity index (χ4n) is 2.65. The summed E-state index contributed by atoms with van der Waals surface area (Å²) in [7, 11) is 0. The van der Waals surface area contributed by atoms with E-state index >= 15 is 0 Å². The average Bonchev–Trinajstić information content (AvgIpc) is 2.39. The predicted octanol–water partition coefficient (Wildman–Crippen LogP) is 2.60. The normalized spacial score (nSPS) is 23.0. The van der Waals surface area contributed by atoms with Crippen LogP contribution in [0.15, 0.2) is 12.1 Å². The number of nitrogens with one attached hydrogen (secondary N) is 1. The first kappa shape index (κ1) is 13.6. The number of hydrogen-bond acceptors (Lipinski definition) is 4. The van der Waals surface area contributed by atoms with Gasteiger partial charge in [-0.05, 0) is 30.4 Å². The van der Waals surface area contributed by atoms with E-state index in [4.69, 9.17) is 10.8 Å². The van der Waals surface area contributed by atoms with E-state index in [0.29, 0.717) is 23.3 Å². The lowest BCUT2D eigenvalue weighted by atomic mass is 9.80. The number of nitrogen functional groups attached to an aromatic ring is 1. The molecule has 1 aliphatic carbocycles. The Labute approximate surface area is 113 Å². The minimum atomic E-state index is -1.03. The van der Waals surface area contributed by atoms with Crippen LogP contribution in [0.5, 0.6) is 0 Å². The van der Waals surface area contributed by atoms with Gasteiger partial charge in [0.25, 0.3) is 0 Å². The van der Waals surface area contributed by atoms with E-state index in [2.05, 4.69) is 17.2 Å². The van der Waals surface area contributed by atoms with E-state index in [0.717, 1.165) is 6.54 Å². The van der Waals surface area contributed by atoms with E-state index < -0.39 is 5.97 Å². The van der Waals surface area contributed by atoms with Gasteiger partial charge < -0.3 is 16.2 Å². The molecule has 1 heterocycles. The maximum atomic E-state index is 10.9. The highest BCUT2D eigenvalue weighted by Gasteiger charge is 2.21. The molecule has 5 nitrogen and oxygen atoms in total. The first-order valence-corrected chi connectivity index (χ1v) is 6.81. The summed E-state index contributed by atoms with van der Waals surface area (Å²) in [5, 5.41) is 12.1. The first-order valence-electron chi connectivity index (χ1n) is 6.81. The number of rotatable bonds is 4. The Morgan fingerprint density at radius 1 is 1.47 bits per heavy atom. The van der Waals surface area contributed by atoms with Crippen LogP contribution < -0.4 is 11.1 Å². The lowest BCUT2D eigenvalue weighted by Crippen LogP contribution is -2.25. The Hall–Kier alpha value is -1.78. The van der Waals surface area contributed by atoms with Crippen LogP contribution >= 0.6 is 0 Å². The molecular weight excluding hydrogens is 242 g/mol. The zero-order chi connectivity index (χ0) is 13.8. The number of aromatic carboxylic acids is 1. The predicted molar refractivity (Wildman–Crippen MR) is 75.2 cm³/mol. The lowest BCUT2D eigenvalue weighted by Gasteiger charge is -2.29. The highest BCUT2D eigenvalue weighted by Crippen LogP contribution is 2.30. The van der Waals surface area contributed by atoms with Gasteiger partial charge >= 0.3 is 5.97 Å². The van der Waals surface area contributed by atoms with Gasteiger partial charge in [0.1, 0.15) is 5.82 Å². The number of pyridine rings is 1. The number of aromatic nitrogens is 1. The van der Waals surface area contributed by atoms with Crippen molar-refractivity contribution in [2.75, 3.05) is 17.6 Å². The van der Waals surface area contributed by atoms with Crippen LogP contribution in [0.25, 0.3) is 0 Å². The third kappa shape index (κ3) is 3.36. The number of hydrogen-bond donors (Lipinski definition) is 3. The summed E-state index contributed by atoms with van der Waals surface area (Å²) in [6.07, 6.45) is 5.07. The number of carboxylic acids is 1. The van der Waals surface area contributed by atoms with Crippen LogP contribution in [-0.4, -0.2) is 22.6 Å². The third-order valence-electron chi connectivity index (χ3n) is 3.97. The second kappa shape index (κ2) is 5.91. The molecule has 0 bridgehead atoms. The van der Waals surface area contributed by atoms with Crippen molar-refractivity contribution >= 4 is 17.5 Å². The van der Waals surface area contributed by atoms with Crippen molar-refractivity contribution in [3.05, 3.63) is 17.8 Å². The molecule has 2 unspecified atom stereocenters. The molecule has 0 amide bonds. The van der Waals surface area contributed by atoms with Crippen molar-refractivity contribution in [3.63, 3.8) is 0 Å². The Balaban J connectivity index is 2.02. The Morgan fingerprint density at radius 2 is 2.21 bits per heavy atom. The topological polar surface area (TPSA) is 88.2 Å². The maximum absolute atomic E-state index is 10.9. The molecule has 1 aliphatic rings. The van der Waals surface area contributed by atoms with Crippen molar-refractivity contribution in [1.82, 2.24) is 4.98 Å². The molecule has 4 N–H and O–H groups in total. The van der Waals surface area contributed by atoms with Crippen molar-refractivity contribution in [2.24, 2.45) is 11.8 Å². The Bertz CT molecular complexity index is 462. The summed E-state index contributed by atoms with van der Waals surface area (Å²) in [6, 6.07) is 3.01. The summed E-state index contributed by atoms with van der Waals surface area (Å²) in [4.78, 5) is 14.9. The van der Waals surface area contributed by atoms with Gasteiger partial charge in [0.2, 0.25) is 0 Å². The fraction of sp³-hybridized carbons (Fsp3) is 0.571. The van der Waals surface area contributed by atoms with Gasteiger partial charge in [-0.3, -0.25) is 0 Å². The molecule has 1 aromatic rings. The molecular formula is C14H21N3O2. The number of nitrogens with zero attached hydrogens (tertiary/aromatic N) is 1. The maximum Gasteiger partial charge on any atom is 0.354 e. The van der Waals surface area contributed by atoms with Crippen LogP contribution in [0.2, 0.25) is 0 Å². The summed E-state index contributed by atoms with van der Waals surface area (Å²) in [5.41, 5.74) is 6.34. The monoisotopic (exact) mass is 263 g/mol. The number of anilines is 2. The Morgan fingerprint density at radius 3 is 2.89 bits per heavy atom. The molecule has 19 heavy (non-hydrogen) atoms. The van der Waals surface area contributed by atoms with Crippen LogP contribution in [0.1, 0.15) is 43.1 Å². The molecule has 0 aliphatic heterocycles. The minimum Gasteiger partial charge on any atom is -0.477 e. The van der Waals surface area contributed by atoms with Crippen molar-refractivity contribution in [1.29, 1.82) is 0 Å². The highest BCUT2D eigenvalue weighted by molar-refractivity contribution is 5.86. The second-order valence-corrected chi connectivity index (χ2v) is 5.34. The fourth-order valence-corrected chi connectivity index (χ4v) is 2.65. The van der Waals surface area contributed by atoms with Gasteiger partial charge in [0, 0.05) is 6.54 Å². The van der Waals surface area contributed by atoms with Gasteiger partial charge in [-0.2, -0.15) is 0 Å². The molecule has 1 saturated carbocycles. The number of carbonyl (C=O) groups is 1. The van der Waals surface area contributed by atoms with Gasteiger partial charge in [0.05, 0.1) is 5.69 Å². The lowest BCUT2D eigenvalue weighted by molar-refractivity contribution is 0.0690. The van der Waals surface area contributed by atoms with E-state index in [-0.39, 0.29) is 5.69 Å². The van der Waals surface area contributed by atoms with E-state index in [1.54, 1.807) is 6.07 Å². The zero-order valence-corrected chi connectivity index (χ0v) is 11.2. The molecule has 1 aromatic heterocycles. The highest BCUT2D eigenvalue weighted by atomic mass is 16.4. The standard InChI is InChI=1S/C14H21N3O2/c1-9-4-2-3-5-10(9)8-16-13-11(15)6-7-12(17-13)14(18)19/h6-7,9-10H,2-5,8,15H2,1H3,(H,16,17)(H,18,19). The molecule has 0 radical (unpaired) electrons. The van der Waals surface area contributed by atoms with E-state index in [9.17, 15) is 4.79 Å². The molecule has 2 atom stereocenters. The molecule has 0 saturated heterocycles. The van der Waals surface area contributed by atoms with E-state index in [1.807, 2.05) is 0 Å². The Kier molecular flexibility index (Phi) is 4.24. The quantitative estimate of drug-likeness (QED) is 0.777. The molecule has 1 fully saturated rings. The third-order valence-corrected chi connectivity index (χ3v) is 3.97. The molecule has 0 spiro atoms. The van der Waals surface area contributed by atoms with Crippen LogP contribution in [0.3, 0.4) is 0 Å². The summed E-state index contributed by atoms with van der Waals surface area (Å²) < 4.78 is 0. The van der Waals surface area contributed by atoms with Crippen LogP contribution in [0.4, 0.5) is 11.5 Å². The SMILES string of the molecule is CC1CCCCC1CNc1nc(C(=O)O)ccc1N. The van der Waals surface area contributed by atoms with Gasteiger partial charge in [0.15, 0.2) is 5.69 Å². The van der Waals surface area contributed by atoms with Crippen molar-refractivity contribution < 1.29 is 9.90 Å². The van der Waals surface area contributed by atoms with Crippen molar-refractivity contribution in [3.8, 4) is 0 Å². The summed E-state index contributed by atoms with van der Waals surface area (Å²) in [6.45, 7) is 3.08. The molecule has 5 heteroatoms. The van der Waals surface area contributed by atoms with Gasteiger partial charge in [-0.15, -0.1) is 0 Å². The summed E-state index contributed by atoms with van der Waals surface area (Å²) >= 11 is 0. The molecule has 2 rings (SSSR count). The zero-order valence-electron chi connectivity index (χ0n) is 11.2. The molecule has 104 valence electrons. The smallest absolute Gasteiger partial charge is 0.354 e. The average molecular weight is 263 g/mol. The van der Waals surface area contributed by atoms with Crippen LogP contribution in [0, 0.1) is 11.8 Å². The largest absolute Gasteiger partial charge is 0.477 e. The first-order chi connectivity index (χ1) is 9.08. The number of carboxylic acid groups (broad SMARTS) is 1. The van der Waals surface area contributed by atoms with Gasteiger partial charge in [-0.25, -0.2) is 9.78 Å². The van der Waals surface area contributed by atoms with Gasteiger partial charge in [-0.1, -0.05) is 26.2 Å². The minimum absolute atomic E-state index is 0.0217. The van der Waals surface area contributed by atoms with E-state index in [1.165, 1.54) is 31.7 Å². The second-order valence-electron chi connectivity index (χ2n) is 5.34. The van der Waals surface area contributed by atoms with Crippen molar-refractivity contribution in [2.45, 2.75) is 32.6 Å². The summed E-state index contributed by atoms with van der Waals surface area (Å²) in [5.74, 6) is 0.764. The number of nitrogens with two attached hydrogens (primary N) is 1. The van der Waals surface area contributed by atoms with Crippen LogP contribution in [-0.2, 0) is 0 Å². The molecule has 0 aromatic carbocycles.